The number of nitrogens with zero attached hydrogens (tertiary/aromatic N) is 1. The van der Waals surface area contributed by atoms with Gasteiger partial charge < -0.3 is 9.64 Å². The quantitative estimate of drug-likeness (QED) is 0.836. The Bertz CT molecular complexity index is 817. The second kappa shape index (κ2) is 7.43. The van der Waals surface area contributed by atoms with E-state index in [9.17, 15) is 13.2 Å². The molecule has 3 atom stereocenters. The number of hydrogen-bond donors (Lipinski definition) is 1. The summed E-state index contributed by atoms with van der Waals surface area (Å²) < 4.78 is 34.1. The normalized spacial score (nSPS) is 27.7. The van der Waals surface area contributed by atoms with Crippen molar-refractivity contribution in [1.82, 2.24) is 9.62 Å². The molecule has 6 nitrogen and oxygen atoms in total. The van der Waals surface area contributed by atoms with Gasteiger partial charge in [0.05, 0.1) is 17.6 Å². The lowest BCUT2D eigenvalue weighted by Gasteiger charge is -2.27. The van der Waals surface area contributed by atoms with Crippen molar-refractivity contribution in [3.63, 3.8) is 0 Å². The monoisotopic (exact) mass is 392 g/mol. The predicted octanol–water partition coefficient (Wildman–Crippen LogP) is 2.79. The highest BCUT2D eigenvalue weighted by atomic mass is 32.2. The standard InChI is InChI=1S/C20H28N2O4S/c1-26-19-8-7-16(13-17(19)20(23)22-9-3-2-4-10-22)27(24,25)21-18-12-14-5-6-15(18)11-14/h7-8,13-15,18,21H,2-6,9-12H2,1H3/t14-,15+,18-/m0/s1. The summed E-state index contributed by atoms with van der Waals surface area (Å²) in [5.41, 5.74) is 0.329. The second-order valence-corrected chi connectivity index (χ2v) is 9.83. The number of ether oxygens (including phenoxy) is 1. The fourth-order valence-electron chi connectivity index (χ4n) is 4.95. The Labute approximate surface area is 161 Å². The molecule has 1 saturated heterocycles. The maximum Gasteiger partial charge on any atom is 0.257 e. The number of sulfonamides is 1. The van der Waals surface area contributed by atoms with E-state index in [0.29, 0.717) is 36.2 Å². The van der Waals surface area contributed by atoms with Crippen molar-refractivity contribution >= 4 is 15.9 Å². The van der Waals surface area contributed by atoms with Crippen LogP contribution in [0.15, 0.2) is 23.1 Å². The number of nitrogens with one attached hydrogen (secondary N) is 1. The summed E-state index contributed by atoms with van der Waals surface area (Å²) in [6.45, 7) is 1.42. The summed E-state index contributed by atoms with van der Waals surface area (Å²) in [4.78, 5) is 14.9. The molecule has 2 aliphatic carbocycles. The summed E-state index contributed by atoms with van der Waals surface area (Å²) in [6.07, 6.45) is 7.49. The van der Waals surface area contributed by atoms with Crippen LogP contribution in [0.1, 0.15) is 55.3 Å². The molecule has 1 heterocycles. The van der Waals surface area contributed by atoms with Crippen molar-refractivity contribution in [3.8, 4) is 5.75 Å². The van der Waals surface area contributed by atoms with Crippen molar-refractivity contribution in [2.75, 3.05) is 20.2 Å². The van der Waals surface area contributed by atoms with Crippen LogP contribution in [0.25, 0.3) is 0 Å². The number of amides is 1. The van der Waals surface area contributed by atoms with E-state index in [1.807, 2.05) is 0 Å². The van der Waals surface area contributed by atoms with Crippen LogP contribution in [0.4, 0.5) is 0 Å². The zero-order valence-corrected chi connectivity index (χ0v) is 16.6. The van der Waals surface area contributed by atoms with Crippen molar-refractivity contribution in [2.24, 2.45) is 11.8 Å². The molecule has 7 heteroatoms. The highest BCUT2D eigenvalue weighted by Gasteiger charge is 2.41. The Morgan fingerprint density at radius 1 is 1.15 bits per heavy atom. The van der Waals surface area contributed by atoms with Gasteiger partial charge >= 0.3 is 0 Å². The van der Waals surface area contributed by atoms with E-state index in [4.69, 9.17) is 4.74 Å². The summed E-state index contributed by atoms with van der Waals surface area (Å²) in [6, 6.07) is 4.62. The molecule has 0 radical (unpaired) electrons. The number of methoxy groups -OCH3 is 1. The first-order valence-corrected chi connectivity index (χ1v) is 11.5. The highest BCUT2D eigenvalue weighted by molar-refractivity contribution is 7.89. The van der Waals surface area contributed by atoms with Crippen LogP contribution < -0.4 is 9.46 Å². The van der Waals surface area contributed by atoms with Gasteiger partial charge in [-0.2, -0.15) is 0 Å². The van der Waals surface area contributed by atoms with Gasteiger partial charge in [-0.1, -0.05) is 6.42 Å². The van der Waals surface area contributed by atoms with Gasteiger partial charge in [0.15, 0.2) is 0 Å². The van der Waals surface area contributed by atoms with Crippen LogP contribution in [-0.2, 0) is 10.0 Å². The first kappa shape index (κ1) is 18.7. The van der Waals surface area contributed by atoms with E-state index in [1.165, 1.54) is 25.7 Å². The van der Waals surface area contributed by atoms with E-state index < -0.39 is 10.0 Å². The van der Waals surface area contributed by atoms with Crippen LogP contribution >= 0.6 is 0 Å². The van der Waals surface area contributed by atoms with Crippen LogP contribution in [0.3, 0.4) is 0 Å². The third-order valence-electron chi connectivity index (χ3n) is 6.40. The maximum absolute atomic E-state index is 12.9. The van der Waals surface area contributed by atoms with Crippen molar-refractivity contribution in [2.45, 2.75) is 55.9 Å². The SMILES string of the molecule is COc1ccc(S(=O)(=O)N[C@H]2C[C@H]3CC[C@@H]2C3)cc1C(=O)N1CCCCC1. The maximum atomic E-state index is 12.9. The minimum Gasteiger partial charge on any atom is -0.496 e. The largest absolute Gasteiger partial charge is 0.496 e. The summed E-state index contributed by atoms with van der Waals surface area (Å²) in [5.74, 6) is 1.39. The molecule has 1 amide bonds. The van der Waals surface area contributed by atoms with Crippen LogP contribution in [0.5, 0.6) is 5.75 Å². The van der Waals surface area contributed by atoms with E-state index in [1.54, 1.807) is 11.0 Å². The zero-order valence-electron chi connectivity index (χ0n) is 15.8. The van der Waals surface area contributed by atoms with Crippen LogP contribution in [0.2, 0.25) is 0 Å². The molecule has 4 rings (SSSR count). The Kier molecular flexibility index (Phi) is 5.16. The number of rotatable bonds is 5. The fourth-order valence-corrected chi connectivity index (χ4v) is 6.29. The van der Waals surface area contributed by atoms with Crippen molar-refractivity contribution < 1.29 is 17.9 Å². The molecule has 0 aromatic heterocycles. The van der Waals surface area contributed by atoms with Crippen LogP contribution in [-0.4, -0.2) is 45.5 Å². The molecule has 1 aliphatic heterocycles. The number of piperidine rings is 1. The second-order valence-electron chi connectivity index (χ2n) is 8.12. The Hall–Kier alpha value is -1.60. The van der Waals surface area contributed by atoms with E-state index in [-0.39, 0.29) is 16.8 Å². The van der Waals surface area contributed by atoms with Gasteiger partial charge in [0.25, 0.3) is 5.91 Å². The van der Waals surface area contributed by atoms with Gasteiger partial charge in [-0.3, -0.25) is 4.79 Å². The first-order valence-electron chi connectivity index (χ1n) is 9.97. The van der Waals surface area contributed by atoms with E-state index in [0.717, 1.165) is 38.5 Å². The Morgan fingerprint density at radius 2 is 1.93 bits per heavy atom. The molecule has 3 fully saturated rings. The van der Waals surface area contributed by atoms with E-state index >= 15 is 0 Å². The van der Waals surface area contributed by atoms with E-state index in [2.05, 4.69) is 4.72 Å². The minimum absolute atomic E-state index is 0.0251. The molecular weight excluding hydrogens is 364 g/mol. The Balaban J connectivity index is 1.58. The Morgan fingerprint density at radius 3 is 2.56 bits per heavy atom. The molecule has 1 aromatic carbocycles. The number of hydrogen-bond acceptors (Lipinski definition) is 4. The van der Waals surface area contributed by atoms with Crippen molar-refractivity contribution in [3.05, 3.63) is 23.8 Å². The topological polar surface area (TPSA) is 75.7 Å². The van der Waals surface area contributed by atoms with Gasteiger partial charge in [0.1, 0.15) is 5.75 Å². The summed E-state index contributed by atoms with van der Waals surface area (Å²) in [7, 11) is -2.15. The lowest BCUT2D eigenvalue weighted by molar-refractivity contribution is 0.0720. The van der Waals surface area contributed by atoms with Gasteiger partial charge in [-0.25, -0.2) is 13.1 Å². The summed E-state index contributed by atoms with van der Waals surface area (Å²) >= 11 is 0. The van der Waals surface area contributed by atoms with Gasteiger partial charge in [0.2, 0.25) is 10.0 Å². The number of likely N-dealkylation sites (tertiary alicyclic amines) is 1. The molecule has 148 valence electrons. The number of carbonyl (C=O) groups is 1. The third-order valence-corrected chi connectivity index (χ3v) is 7.89. The molecule has 2 bridgehead atoms. The van der Waals surface area contributed by atoms with Crippen LogP contribution in [0, 0.1) is 11.8 Å². The average molecular weight is 393 g/mol. The molecule has 3 aliphatic rings. The number of benzene rings is 1. The van der Waals surface area contributed by atoms with Gasteiger partial charge in [-0.15, -0.1) is 0 Å². The molecule has 1 aromatic rings. The lowest BCUT2D eigenvalue weighted by atomic mass is 9.96. The predicted molar refractivity (Wildman–Crippen MR) is 102 cm³/mol. The molecule has 1 N–H and O–H groups in total. The molecular formula is C20H28N2O4S. The fraction of sp³-hybridized carbons (Fsp3) is 0.650. The number of fused-ring (bicyclic) bond motifs is 2. The minimum atomic E-state index is -3.65. The van der Waals surface area contributed by atoms with Crippen molar-refractivity contribution in [1.29, 1.82) is 0 Å². The number of carbonyl (C=O) groups excluding carboxylic acids is 1. The third kappa shape index (κ3) is 3.72. The highest BCUT2D eigenvalue weighted by Crippen LogP contribution is 2.44. The molecule has 0 spiro atoms. The molecule has 27 heavy (non-hydrogen) atoms. The smallest absolute Gasteiger partial charge is 0.257 e. The van der Waals surface area contributed by atoms with Gasteiger partial charge in [0, 0.05) is 19.1 Å². The molecule has 0 unspecified atom stereocenters. The van der Waals surface area contributed by atoms with Gasteiger partial charge in [-0.05, 0) is 68.6 Å². The summed E-state index contributed by atoms with van der Waals surface area (Å²) in [5, 5.41) is 0. The molecule has 2 saturated carbocycles. The first-order chi connectivity index (χ1) is 13.0. The average Bonchev–Trinajstić information content (AvgIpc) is 3.30. The lowest BCUT2D eigenvalue weighted by Crippen LogP contribution is -2.38. The zero-order chi connectivity index (χ0) is 19.0.